The van der Waals surface area contributed by atoms with Crippen molar-refractivity contribution < 1.29 is 14.4 Å². The summed E-state index contributed by atoms with van der Waals surface area (Å²) in [5, 5.41) is 5.06. The van der Waals surface area contributed by atoms with Crippen LogP contribution in [0.25, 0.3) is 0 Å². The van der Waals surface area contributed by atoms with Crippen LogP contribution in [0.1, 0.15) is 18.9 Å². The van der Waals surface area contributed by atoms with Crippen LogP contribution in [-0.4, -0.2) is 29.3 Å². The molecule has 0 radical (unpaired) electrons. The van der Waals surface area contributed by atoms with Crippen LogP contribution in [0.5, 0.6) is 0 Å². The molecule has 2 N–H and O–H groups in total. The molecule has 6 heteroatoms. The predicted molar refractivity (Wildman–Crippen MR) is 93.7 cm³/mol. The molecule has 0 bridgehead atoms. The summed E-state index contributed by atoms with van der Waals surface area (Å²) in [4.78, 5) is 39.6. The molecule has 1 atom stereocenters. The predicted octanol–water partition coefficient (Wildman–Crippen LogP) is 2.48. The highest BCUT2D eigenvalue weighted by molar-refractivity contribution is 6.23. The first-order valence-electron chi connectivity index (χ1n) is 8.15. The number of rotatable bonds is 5. The smallest absolute Gasteiger partial charge is 0.323 e. The lowest BCUT2D eigenvalue weighted by atomic mass is 9.87. The number of para-hydroxylation sites is 1. The number of nitrogens with one attached hydrogen (secondary N) is 2. The van der Waals surface area contributed by atoms with Gasteiger partial charge < -0.3 is 5.32 Å². The van der Waals surface area contributed by atoms with Gasteiger partial charge in [0.05, 0.1) is 0 Å². The van der Waals surface area contributed by atoms with Crippen molar-refractivity contribution in [1.29, 1.82) is 0 Å². The van der Waals surface area contributed by atoms with Crippen LogP contribution in [0.4, 0.5) is 10.5 Å². The average Bonchev–Trinajstić information content (AvgIpc) is 2.88. The molecular formula is C19H19N3O3. The molecule has 0 saturated carbocycles. The van der Waals surface area contributed by atoms with Crippen molar-refractivity contribution in [2.24, 2.45) is 0 Å². The van der Waals surface area contributed by atoms with Gasteiger partial charge in [-0.25, -0.2) is 4.79 Å². The van der Waals surface area contributed by atoms with Crippen molar-refractivity contribution in [3.05, 3.63) is 66.2 Å². The molecule has 2 aromatic carbocycles. The number of amides is 4. The number of hydrogen-bond donors (Lipinski definition) is 2. The maximum atomic E-state index is 13.2. The molecule has 1 saturated heterocycles. The Labute approximate surface area is 145 Å². The molecule has 25 heavy (non-hydrogen) atoms. The molecule has 1 aliphatic rings. The molecule has 6 nitrogen and oxygen atoms in total. The molecule has 0 aromatic heterocycles. The van der Waals surface area contributed by atoms with E-state index in [9.17, 15) is 14.4 Å². The van der Waals surface area contributed by atoms with E-state index in [1.165, 1.54) is 4.90 Å². The average molecular weight is 337 g/mol. The van der Waals surface area contributed by atoms with Crippen LogP contribution in [0, 0.1) is 0 Å². The minimum atomic E-state index is -1.72. The molecule has 1 aliphatic heterocycles. The van der Waals surface area contributed by atoms with Crippen LogP contribution in [0.2, 0.25) is 0 Å². The van der Waals surface area contributed by atoms with E-state index < -0.39 is 23.4 Å². The van der Waals surface area contributed by atoms with E-state index in [2.05, 4.69) is 10.6 Å². The Morgan fingerprint density at radius 1 is 1.04 bits per heavy atom. The van der Waals surface area contributed by atoms with Crippen LogP contribution < -0.4 is 10.6 Å². The van der Waals surface area contributed by atoms with Gasteiger partial charge in [-0.2, -0.15) is 0 Å². The third-order valence-corrected chi connectivity index (χ3v) is 4.20. The lowest BCUT2D eigenvalue weighted by molar-refractivity contribution is -0.137. The van der Waals surface area contributed by atoms with E-state index in [0.29, 0.717) is 17.7 Å². The zero-order chi connectivity index (χ0) is 17.9. The van der Waals surface area contributed by atoms with Crippen molar-refractivity contribution in [2.45, 2.75) is 18.9 Å². The van der Waals surface area contributed by atoms with Gasteiger partial charge in [-0.15, -0.1) is 0 Å². The summed E-state index contributed by atoms with van der Waals surface area (Å²) < 4.78 is 0. The van der Waals surface area contributed by atoms with E-state index in [-0.39, 0.29) is 6.54 Å². The number of hydrogen-bond acceptors (Lipinski definition) is 3. The van der Waals surface area contributed by atoms with Crippen molar-refractivity contribution >= 4 is 23.5 Å². The summed E-state index contributed by atoms with van der Waals surface area (Å²) in [6.45, 7) is 2.18. The van der Waals surface area contributed by atoms with Crippen molar-refractivity contribution in [3.8, 4) is 0 Å². The highest BCUT2D eigenvalue weighted by Gasteiger charge is 2.59. The van der Waals surface area contributed by atoms with Gasteiger partial charge in [0, 0.05) is 12.2 Å². The fourth-order valence-corrected chi connectivity index (χ4v) is 3.09. The molecule has 1 unspecified atom stereocenters. The Hall–Kier alpha value is -3.15. The minimum absolute atomic E-state index is 0.286. The fourth-order valence-electron chi connectivity index (χ4n) is 3.09. The normalized spacial score (nSPS) is 19.6. The highest BCUT2D eigenvalue weighted by Crippen LogP contribution is 2.35. The number of carbonyl (C=O) groups is 3. The molecule has 0 aliphatic carbocycles. The standard InChI is InChI=1S/C19H19N3O3/c1-2-13-22-18(25)21-17(24)19(22,14-9-5-3-6-10-14)16(23)20-15-11-7-4-8-12-15/h3-12H,2,13H2,1H3,(H,20,23)(H,21,24,25). The van der Waals surface area contributed by atoms with Gasteiger partial charge in [0.25, 0.3) is 11.8 Å². The topological polar surface area (TPSA) is 78.5 Å². The van der Waals surface area contributed by atoms with Crippen molar-refractivity contribution in [1.82, 2.24) is 10.2 Å². The van der Waals surface area contributed by atoms with E-state index in [1.807, 2.05) is 13.0 Å². The van der Waals surface area contributed by atoms with Gasteiger partial charge in [0.1, 0.15) is 0 Å². The van der Waals surface area contributed by atoms with Gasteiger partial charge >= 0.3 is 6.03 Å². The number of urea groups is 1. The van der Waals surface area contributed by atoms with Gasteiger partial charge in [0.2, 0.25) is 5.54 Å². The Bertz CT molecular complexity index is 792. The lowest BCUT2D eigenvalue weighted by Crippen LogP contribution is -2.55. The minimum Gasteiger partial charge on any atom is -0.323 e. The first kappa shape index (κ1) is 16.7. The molecule has 2 aromatic rings. The first-order chi connectivity index (χ1) is 12.1. The number of benzene rings is 2. The summed E-state index contributed by atoms with van der Waals surface area (Å²) in [5.41, 5.74) is -0.698. The second-order valence-corrected chi connectivity index (χ2v) is 5.81. The Kier molecular flexibility index (Phi) is 4.52. The number of carbonyl (C=O) groups excluding carboxylic acids is 3. The molecule has 3 rings (SSSR count). The summed E-state index contributed by atoms with van der Waals surface area (Å²) in [6, 6.07) is 17.0. The number of imide groups is 1. The first-order valence-corrected chi connectivity index (χ1v) is 8.15. The van der Waals surface area contributed by atoms with E-state index >= 15 is 0 Å². The van der Waals surface area contributed by atoms with E-state index in [4.69, 9.17) is 0 Å². The zero-order valence-electron chi connectivity index (χ0n) is 13.9. The molecule has 1 heterocycles. The monoisotopic (exact) mass is 337 g/mol. The van der Waals surface area contributed by atoms with Gasteiger partial charge in [-0.05, 0) is 24.1 Å². The second kappa shape index (κ2) is 6.76. The third-order valence-electron chi connectivity index (χ3n) is 4.20. The van der Waals surface area contributed by atoms with Crippen LogP contribution in [-0.2, 0) is 15.1 Å². The molecule has 4 amide bonds. The summed E-state index contributed by atoms with van der Waals surface area (Å²) >= 11 is 0. The Morgan fingerprint density at radius 2 is 1.64 bits per heavy atom. The molecule has 128 valence electrons. The van der Waals surface area contributed by atoms with Gasteiger partial charge in [0.15, 0.2) is 0 Å². The Balaban J connectivity index is 2.11. The Morgan fingerprint density at radius 3 is 2.24 bits per heavy atom. The third kappa shape index (κ3) is 2.76. The second-order valence-electron chi connectivity index (χ2n) is 5.81. The van der Waals surface area contributed by atoms with Crippen LogP contribution in [0.3, 0.4) is 0 Å². The van der Waals surface area contributed by atoms with E-state index in [1.54, 1.807) is 54.6 Å². The lowest BCUT2D eigenvalue weighted by Gasteiger charge is -2.34. The van der Waals surface area contributed by atoms with Gasteiger partial charge in [-0.1, -0.05) is 55.5 Å². The number of nitrogens with zero attached hydrogens (tertiary/aromatic N) is 1. The summed E-state index contributed by atoms with van der Waals surface area (Å²) in [7, 11) is 0. The molecule has 1 fully saturated rings. The van der Waals surface area contributed by atoms with Crippen LogP contribution >= 0.6 is 0 Å². The molecular weight excluding hydrogens is 318 g/mol. The maximum absolute atomic E-state index is 13.2. The number of anilines is 1. The largest absolute Gasteiger partial charge is 0.325 e. The quantitative estimate of drug-likeness (QED) is 0.650. The van der Waals surface area contributed by atoms with Gasteiger partial charge in [-0.3, -0.25) is 19.8 Å². The van der Waals surface area contributed by atoms with Crippen molar-refractivity contribution in [3.63, 3.8) is 0 Å². The summed E-state index contributed by atoms with van der Waals surface area (Å²) in [6.07, 6.45) is 0.619. The summed E-state index contributed by atoms with van der Waals surface area (Å²) in [5.74, 6) is -1.19. The molecule has 0 spiro atoms. The van der Waals surface area contributed by atoms with E-state index in [0.717, 1.165) is 0 Å². The van der Waals surface area contributed by atoms with Crippen LogP contribution in [0.15, 0.2) is 60.7 Å². The maximum Gasteiger partial charge on any atom is 0.325 e. The zero-order valence-corrected chi connectivity index (χ0v) is 13.9. The highest BCUT2D eigenvalue weighted by atomic mass is 16.2. The fraction of sp³-hybridized carbons (Fsp3) is 0.211. The van der Waals surface area contributed by atoms with Crippen molar-refractivity contribution in [2.75, 3.05) is 11.9 Å². The SMILES string of the molecule is CCCN1C(=O)NC(=O)C1(C(=O)Nc1ccccc1)c1ccccc1.